The molecule has 1 N–H and O–H groups in total. The molecule has 2 fully saturated rings. The molecule has 216 valence electrons. The molecule has 1 aromatic carbocycles. The zero-order chi connectivity index (χ0) is 29.2. The Morgan fingerprint density at radius 3 is 2.31 bits per heavy atom. The van der Waals surface area contributed by atoms with Crippen molar-refractivity contribution in [2.24, 2.45) is 5.92 Å². The van der Waals surface area contributed by atoms with E-state index in [1.165, 1.54) is 0 Å². The highest BCUT2D eigenvalue weighted by Gasteiger charge is 2.73. The van der Waals surface area contributed by atoms with E-state index in [1.54, 1.807) is 6.92 Å². The molecule has 1 heterocycles. The molecule has 3 aliphatic rings. The standard InChI is InChI=1S/C31H48O6Si2/c1-20-17-25(34-19-22-15-13-12-14-16-22)31(33)27(35-28(32)30(31,6)37-38(7,8)9)26-21(2)24(18-23(20)26)36-39(10,11)29(3,4)5/h12-16,23-25,27,33H,1,17-19H2,2-11H3/t23-,24?,25+,27-,30-,31+/m1/s1. The Hall–Kier alpha value is -1.56. The van der Waals surface area contributed by atoms with E-state index in [9.17, 15) is 9.90 Å². The van der Waals surface area contributed by atoms with Gasteiger partial charge in [0.2, 0.25) is 0 Å². The number of hydrogen-bond acceptors (Lipinski definition) is 6. The summed E-state index contributed by atoms with van der Waals surface area (Å²) in [4.78, 5) is 13.7. The second kappa shape index (κ2) is 10.1. The fraction of sp³-hybridized carbons (Fsp3) is 0.645. The first-order valence-electron chi connectivity index (χ1n) is 14.2. The van der Waals surface area contributed by atoms with E-state index in [2.05, 4.69) is 47.4 Å². The van der Waals surface area contributed by atoms with Gasteiger partial charge in [0, 0.05) is 5.92 Å². The Kier molecular flexibility index (Phi) is 7.85. The minimum atomic E-state index is -2.30. The van der Waals surface area contributed by atoms with Gasteiger partial charge in [0.05, 0.1) is 18.8 Å². The number of esters is 1. The van der Waals surface area contributed by atoms with Gasteiger partial charge in [-0.3, -0.25) is 0 Å². The van der Waals surface area contributed by atoms with Gasteiger partial charge in [0.15, 0.2) is 33.9 Å². The van der Waals surface area contributed by atoms with Gasteiger partial charge < -0.3 is 23.4 Å². The van der Waals surface area contributed by atoms with Crippen LogP contribution < -0.4 is 0 Å². The van der Waals surface area contributed by atoms with Crippen molar-refractivity contribution in [2.45, 2.75) is 121 Å². The predicted octanol–water partition coefficient (Wildman–Crippen LogP) is 6.53. The van der Waals surface area contributed by atoms with Crippen LogP contribution in [0.4, 0.5) is 0 Å². The number of carbonyl (C=O) groups is 1. The Balaban J connectivity index is 1.81. The average Bonchev–Trinajstić information content (AvgIpc) is 3.18. The molecule has 0 spiro atoms. The first-order chi connectivity index (χ1) is 17.8. The van der Waals surface area contributed by atoms with Crippen molar-refractivity contribution in [2.75, 3.05) is 0 Å². The predicted molar refractivity (Wildman–Crippen MR) is 159 cm³/mol. The topological polar surface area (TPSA) is 74.2 Å². The lowest BCUT2D eigenvalue weighted by molar-refractivity contribution is -0.192. The summed E-state index contributed by atoms with van der Waals surface area (Å²) in [6, 6.07) is 9.87. The van der Waals surface area contributed by atoms with Crippen molar-refractivity contribution in [3.63, 3.8) is 0 Å². The number of hydrogen-bond donors (Lipinski definition) is 1. The van der Waals surface area contributed by atoms with Crippen molar-refractivity contribution >= 4 is 22.6 Å². The lowest BCUT2D eigenvalue weighted by Gasteiger charge is -2.45. The lowest BCUT2D eigenvalue weighted by atomic mass is 9.75. The van der Waals surface area contributed by atoms with Gasteiger partial charge in [0.1, 0.15) is 0 Å². The molecule has 1 saturated heterocycles. The summed E-state index contributed by atoms with van der Waals surface area (Å²) >= 11 is 0. The Bertz CT molecular complexity index is 1150. The fourth-order valence-electron chi connectivity index (χ4n) is 6.15. The molecule has 0 bridgehead atoms. The van der Waals surface area contributed by atoms with Crippen LogP contribution in [0.5, 0.6) is 0 Å². The lowest BCUT2D eigenvalue weighted by Crippen LogP contribution is -2.66. The molecule has 39 heavy (non-hydrogen) atoms. The van der Waals surface area contributed by atoms with Crippen LogP contribution in [0.25, 0.3) is 0 Å². The van der Waals surface area contributed by atoms with Crippen LogP contribution in [0.1, 0.15) is 53.0 Å². The highest BCUT2D eigenvalue weighted by Crippen LogP contribution is 2.56. The van der Waals surface area contributed by atoms with Gasteiger partial charge in [-0.05, 0) is 81.2 Å². The van der Waals surface area contributed by atoms with E-state index in [0.717, 1.165) is 28.7 Å². The van der Waals surface area contributed by atoms with Gasteiger partial charge in [-0.15, -0.1) is 0 Å². The maximum Gasteiger partial charge on any atom is 0.341 e. The van der Waals surface area contributed by atoms with Crippen molar-refractivity contribution < 1.29 is 28.2 Å². The van der Waals surface area contributed by atoms with E-state index >= 15 is 0 Å². The van der Waals surface area contributed by atoms with Crippen LogP contribution >= 0.6 is 0 Å². The number of aliphatic hydroxyl groups is 1. The monoisotopic (exact) mass is 572 g/mol. The van der Waals surface area contributed by atoms with Crippen molar-refractivity contribution in [1.82, 2.24) is 0 Å². The normalized spacial score (nSPS) is 33.6. The molecule has 8 heteroatoms. The first kappa shape index (κ1) is 30.4. The third-order valence-electron chi connectivity index (χ3n) is 9.30. The highest BCUT2D eigenvalue weighted by molar-refractivity contribution is 6.74. The minimum absolute atomic E-state index is 0.0558. The molecule has 6 atom stereocenters. The number of benzene rings is 1. The SMILES string of the molecule is C=C1C[C@H](OCc2ccccc2)[C@]2(O)[C@H](OC(=O)[C@@]2(C)O[Si](C)(C)C)C2=C(C)C(O[Si](C)(C)C(C)(C)C)C[C@H]12. The maximum absolute atomic E-state index is 13.7. The summed E-state index contributed by atoms with van der Waals surface area (Å²) < 4.78 is 26.1. The zero-order valence-electron chi connectivity index (χ0n) is 25.5. The van der Waals surface area contributed by atoms with Crippen LogP contribution in [0, 0.1) is 5.92 Å². The average molecular weight is 573 g/mol. The quantitative estimate of drug-likeness (QED) is 0.228. The first-order valence-corrected chi connectivity index (χ1v) is 20.5. The molecule has 1 unspecified atom stereocenters. The summed E-state index contributed by atoms with van der Waals surface area (Å²) in [6.45, 7) is 25.8. The van der Waals surface area contributed by atoms with Crippen LogP contribution in [-0.4, -0.2) is 57.2 Å². The largest absolute Gasteiger partial charge is 0.452 e. The van der Waals surface area contributed by atoms with Gasteiger partial charge >= 0.3 is 5.97 Å². The van der Waals surface area contributed by atoms with Gasteiger partial charge in [0.25, 0.3) is 0 Å². The second-order valence-corrected chi connectivity index (χ2v) is 23.5. The minimum Gasteiger partial charge on any atom is -0.452 e. The number of ether oxygens (including phenoxy) is 2. The van der Waals surface area contributed by atoms with Crippen LogP contribution in [0.15, 0.2) is 53.6 Å². The molecule has 2 aliphatic carbocycles. The Morgan fingerprint density at radius 2 is 1.74 bits per heavy atom. The van der Waals surface area contributed by atoms with E-state index in [4.69, 9.17) is 18.3 Å². The Labute approximate surface area is 237 Å². The highest BCUT2D eigenvalue weighted by atomic mass is 28.4. The molecule has 1 saturated carbocycles. The molecule has 6 nitrogen and oxygen atoms in total. The molecule has 1 aliphatic heterocycles. The van der Waals surface area contributed by atoms with E-state index < -0.39 is 46.0 Å². The van der Waals surface area contributed by atoms with Gasteiger partial charge in [-0.25, -0.2) is 4.79 Å². The molecule has 0 aromatic heterocycles. The molecule has 0 radical (unpaired) electrons. The smallest absolute Gasteiger partial charge is 0.341 e. The van der Waals surface area contributed by atoms with Gasteiger partial charge in [-0.2, -0.15) is 0 Å². The molecular formula is C31H48O6Si2. The molecule has 0 amide bonds. The number of carbonyl (C=O) groups excluding carboxylic acids is 1. The molecule has 4 rings (SSSR count). The third kappa shape index (κ3) is 5.29. The van der Waals surface area contributed by atoms with E-state index in [-0.39, 0.29) is 17.1 Å². The van der Waals surface area contributed by atoms with E-state index in [0.29, 0.717) is 13.0 Å². The fourth-order valence-corrected chi connectivity index (χ4v) is 8.96. The third-order valence-corrected chi connectivity index (χ3v) is 14.8. The summed E-state index contributed by atoms with van der Waals surface area (Å²) in [5, 5.41) is 12.9. The van der Waals surface area contributed by atoms with E-state index in [1.807, 2.05) is 50.0 Å². The second-order valence-electron chi connectivity index (χ2n) is 14.3. The van der Waals surface area contributed by atoms with Crippen molar-refractivity contribution in [3.8, 4) is 0 Å². The zero-order valence-corrected chi connectivity index (χ0v) is 27.5. The summed E-state index contributed by atoms with van der Waals surface area (Å²) in [5.74, 6) is -0.602. The molecular weight excluding hydrogens is 525 g/mol. The maximum atomic E-state index is 13.7. The molecule has 1 aromatic rings. The summed E-state index contributed by atoms with van der Waals surface area (Å²) in [6.07, 6.45) is -0.626. The van der Waals surface area contributed by atoms with Gasteiger partial charge in [-0.1, -0.05) is 63.3 Å². The summed E-state index contributed by atoms with van der Waals surface area (Å²) in [7, 11) is -4.38. The number of rotatable bonds is 7. The van der Waals surface area contributed by atoms with Crippen LogP contribution in [0.3, 0.4) is 0 Å². The van der Waals surface area contributed by atoms with Crippen molar-refractivity contribution in [1.29, 1.82) is 0 Å². The van der Waals surface area contributed by atoms with Crippen LogP contribution in [0.2, 0.25) is 37.8 Å². The number of fused-ring (bicyclic) bond motifs is 3. The summed E-state index contributed by atoms with van der Waals surface area (Å²) in [5.41, 5.74) is 0.585. The van der Waals surface area contributed by atoms with Crippen LogP contribution in [-0.2, 0) is 29.7 Å². The van der Waals surface area contributed by atoms with Crippen molar-refractivity contribution in [3.05, 3.63) is 59.2 Å². The Morgan fingerprint density at radius 1 is 1.13 bits per heavy atom.